The number of nitrogens with zero attached hydrogens (tertiary/aromatic N) is 1. The van der Waals surface area contributed by atoms with Gasteiger partial charge in [-0.2, -0.15) is 5.26 Å². The summed E-state index contributed by atoms with van der Waals surface area (Å²) in [5.74, 6) is 0. The Morgan fingerprint density at radius 2 is 1.45 bits per heavy atom. The molecule has 0 aromatic heterocycles. The van der Waals surface area contributed by atoms with Crippen LogP contribution < -0.4 is 0 Å². The molecule has 0 rings (SSSR count). The predicted molar refractivity (Wildman–Crippen MR) is 31.0 cm³/mol. The van der Waals surface area contributed by atoms with Crippen LogP contribution in [0.4, 0.5) is 17.7 Å². The molecule has 0 aromatic carbocycles. The molecule has 0 aliphatic rings. The fourth-order valence-electron chi connectivity index (χ4n) is 0. The van der Waals surface area contributed by atoms with Gasteiger partial charge in [0, 0.05) is 6.92 Å². The van der Waals surface area contributed by atoms with E-state index >= 15 is 0 Å². The predicted octanol–water partition coefficient (Wildman–Crippen LogP) is 1.63. The summed E-state index contributed by atoms with van der Waals surface area (Å²) in [4.78, 5) is 8.56. The van der Waals surface area contributed by atoms with E-state index in [1.54, 1.807) is 6.07 Å². The maximum Gasteiger partial charge on any atom is 0.762 e. The molecule has 0 heterocycles. The third-order valence-electron chi connectivity index (χ3n) is 0. The molecule has 64 valence electrons. The van der Waals surface area contributed by atoms with E-state index in [9.17, 15) is 12.9 Å². The lowest BCUT2D eigenvalue weighted by molar-refractivity contribution is 0.137. The molecule has 0 unspecified atom stereocenters. The zero-order valence-electron chi connectivity index (χ0n) is 5.46. The van der Waals surface area contributed by atoms with E-state index in [0.29, 0.717) is 0 Å². The third kappa shape index (κ3) is 197. The first-order valence-electron chi connectivity index (χ1n) is 2.03. The van der Waals surface area contributed by atoms with E-state index in [-0.39, 0.29) is 0 Å². The van der Waals surface area contributed by atoms with Gasteiger partial charge in [0.05, 0.1) is 6.07 Å². The second-order valence-electron chi connectivity index (χ2n) is 0.754. The first kappa shape index (κ1) is 16.3. The van der Waals surface area contributed by atoms with Crippen molar-refractivity contribution in [3.8, 4) is 6.07 Å². The molecule has 0 spiro atoms. The Labute approximate surface area is 61.1 Å². The van der Waals surface area contributed by atoms with E-state index in [1.165, 1.54) is 6.92 Å². The number of carboxylic acid groups (broad SMARTS) is 2. The summed E-state index contributed by atoms with van der Waals surface area (Å²) in [5, 5.41) is 21.3. The Kier molecular flexibility index (Phi) is 23.5. The molecule has 0 aliphatic carbocycles. The normalized spacial score (nSPS) is 5.36. The van der Waals surface area contributed by atoms with Crippen molar-refractivity contribution < 1.29 is 28.0 Å². The maximum absolute atomic E-state index is 9.67. The van der Waals surface area contributed by atoms with Crippen LogP contribution in [0.3, 0.4) is 0 Å². The molecule has 0 saturated carbocycles. The Morgan fingerprint density at radius 3 is 1.45 bits per heavy atom. The van der Waals surface area contributed by atoms with Crippen molar-refractivity contribution in [3.05, 3.63) is 0 Å². The van der Waals surface area contributed by atoms with Gasteiger partial charge >= 0.3 is 13.7 Å². The molecular formula is C3H5BF3NO3. The van der Waals surface area contributed by atoms with Crippen molar-refractivity contribution in [1.29, 1.82) is 5.26 Å². The molecule has 4 nitrogen and oxygen atoms in total. The van der Waals surface area contributed by atoms with Crippen LogP contribution in [0.2, 0.25) is 0 Å². The molecule has 0 aromatic rings. The fourth-order valence-corrected chi connectivity index (χ4v) is 0. The SMILES string of the molecule is CC#N.FB(F)F.O=C(O)O. The number of hydrogen-bond acceptors (Lipinski definition) is 2. The van der Waals surface area contributed by atoms with E-state index in [1.807, 2.05) is 0 Å². The van der Waals surface area contributed by atoms with Gasteiger partial charge in [-0.05, 0) is 0 Å². The third-order valence-corrected chi connectivity index (χ3v) is 0. The van der Waals surface area contributed by atoms with Crippen LogP contribution in [0.25, 0.3) is 0 Å². The highest BCUT2D eigenvalue weighted by atomic mass is 19.4. The molecule has 0 aliphatic heterocycles. The van der Waals surface area contributed by atoms with E-state index in [4.69, 9.17) is 20.3 Å². The average molecular weight is 171 g/mol. The van der Waals surface area contributed by atoms with Gasteiger partial charge in [0.15, 0.2) is 0 Å². The number of rotatable bonds is 0. The van der Waals surface area contributed by atoms with Crippen molar-refractivity contribution in [2.75, 3.05) is 0 Å². The monoisotopic (exact) mass is 171 g/mol. The first-order valence-corrected chi connectivity index (χ1v) is 2.03. The van der Waals surface area contributed by atoms with E-state index in [0.717, 1.165) is 0 Å². The summed E-state index contributed by atoms with van der Waals surface area (Å²) in [6, 6.07) is 1.75. The summed E-state index contributed by atoms with van der Waals surface area (Å²) in [7, 11) is -3.67. The van der Waals surface area contributed by atoms with Gasteiger partial charge < -0.3 is 10.2 Å². The van der Waals surface area contributed by atoms with Crippen LogP contribution >= 0.6 is 0 Å². The average Bonchev–Trinajstić information content (AvgIpc) is 1.60. The van der Waals surface area contributed by atoms with Gasteiger partial charge in [-0.25, -0.2) is 4.79 Å². The molecule has 0 bridgehead atoms. The minimum Gasteiger partial charge on any atom is -0.450 e. The zero-order valence-corrected chi connectivity index (χ0v) is 5.46. The lowest BCUT2D eigenvalue weighted by Gasteiger charge is -1.60. The molecule has 0 saturated heterocycles. The van der Waals surface area contributed by atoms with Gasteiger partial charge in [0.25, 0.3) is 0 Å². The van der Waals surface area contributed by atoms with Gasteiger partial charge in [0.2, 0.25) is 0 Å². The van der Waals surface area contributed by atoms with E-state index in [2.05, 4.69) is 0 Å². The Hall–Kier alpha value is -1.39. The van der Waals surface area contributed by atoms with Crippen molar-refractivity contribution in [2.45, 2.75) is 6.92 Å². The minimum atomic E-state index is -3.67. The maximum atomic E-state index is 9.67. The molecule has 0 atom stereocenters. The van der Waals surface area contributed by atoms with Crippen LogP contribution in [0.1, 0.15) is 6.92 Å². The number of hydrogen-bond donors (Lipinski definition) is 2. The lowest BCUT2D eigenvalue weighted by atomic mass is 10.5. The summed E-state index contributed by atoms with van der Waals surface area (Å²) >= 11 is 0. The second-order valence-corrected chi connectivity index (χ2v) is 0.754. The van der Waals surface area contributed by atoms with Crippen LogP contribution in [0.5, 0.6) is 0 Å². The second kappa shape index (κ2) is 15.8. The van der Waals surface area contributed by atoms with Gasteiger partial charge in [0.1, 0.15) is 0 Å². The summed E-state index contributed by atoms with van der Waals surface area (Å²) < 4.78 is 29.0. The van der Waals surface area contributed by atoms with E-state index < -0.39 is 13.7 Å². The lowest BCUT2D eigenvalue weighted by Crippen LogP contribution is -1.81. The molecule has 2 N–H and O–H groups in total. The standard InChI is InChI=1S/C2H3N.CH2O3.BF3/c1-2-3;2*2-1(3)4/h1H3;(H2,2,3,4);. The number of halogens is 3. The largest absolute Gasteiger partial charge is 0.762 e. The highest BCUT2D eigenvalue weighted by Gasteiger charge is 2.06. The Morgan fingerprint density at radius 1 is 1.45 bits per heavy atom. The fraction of sp³-hybridized carbons (Fsp3) is 0.333. The zero-order chi connectivity index (χ0) is 9.86. The topological polar surface area (TPSA) is 81.3 Å². The van der Waals surface area contributed by atoms with Crippen LogP contribution in [0.15, 0.2) is 0 Å². The van der Waals surface area contributed by atoms with Crippen molar-refractivity contribution in [1.82, 2.24) is 0 Å². The number of carbonyl (C=O) groups is 1. The van der Waals surface area contributed by atoms with Gasteiger partial charge in [-0.15, -0.1) is 0 Å². The highest BCUT2D eigenvalue weighted by molar-refractivity contribution is 6.33. The molecule has 11 heavy (non-hydrogen) atoms. The van der Waals surface area contributed by atoms with Crippen molar-refractivity contribution >= 4 is 13.7 Å². The summed E-state index contributed by atoms with van der Waals surface area (Å²) in [6.07, 6.45) is -1.83. The first-order chi connectivity index (χ1) is 4.88. The van der Waals surface area contributed by atoms with Crippen molar-refractivity contribution in [2.24, 2.45) is 0 Å². The van der Waals surface area contributed by atoms with Crippen LogP contribution in [-0.4, -0.2) is 23.9 Å². The van der Waals surface area contributed by atoms with Crippen molar-refractivity contribution in [3.63, 3.8) is 0 Å². The molecule has 0 amide bonds. The molecule has 0 fully saturated rings. The molecule has 8 heteroatoms. The highest BCUT2D eigenvalue weighted by Crippen LogP contribution is 1.80. The number of nitriles is 1. The minimum absolute atomic E-state index is 1.43. The van der Waals surface area contributed by atoms with Gasteiger partial charge in [-0.3, -0.25) is 12.9 Å². The quantitative estimate of drug-likeness (QED) is 0.542. The Balaban J connectivity index is -0.0000000886. The molecule has 0 radical (unpaired) electrons. The van der Waals surface area contributed by atoms with Crippen LogP contribution in [0, 0.1) is 11.3 Å². The Bertz CT molecular complexity index is 119. The summed E-state index contributed by atoms with van der Waals surface area (Å²) in [5.41, 5.74) is 0. The molecular weight excluding hydrogens is 166 g/mol. The smallest absolute Gasteiger partial charge is 0.450 e. The summed E-state index contributed by atoms with van der Waals surface area (Å²) in [6.45, 7) is 1.43. The van der Waals surface area contributed by atoms with Crippen LogP contribution in [-0.2, 0) is 0 Å². The van der Waals surface area contributed by atoms with Gasteiger partial charge in [-0.1, -0.05) is 0 Å².